The highest BCUT2D eigenvalue weighted by atomic mass is 19.4. The number of ether oxygens (including phenoxy) is 1. The molecule has 2 N–H and O–H groups in total. The van der Waals surface area contributed by atoms with Crippen molar-refractivity contribution in [3.63, 3.8) is 0 Å². The number of hydrogen-bond donors (Lipinski definition) is 2. The summed E-state index contributed by atoms with van der Waals surface area (Å²) in [6.07, 6.45) is -1.98. The minimum atomic E-state index is -4.56. The molecule has 0 aliphatic heterocycles. The summed E-state index contributed by atoms with van der Waals surface area (Å²) in [6.45, 7) is 0. The van der Waals surface area contributed by atoms with Crippen LogP contribution in [0.4, 0.5) is 19.1 Å². The summed E-state index contributed by atoms with van der Waals surface area (Å²) in [5.41, 5.74) is -0.260. The molecule has 2 heterocycles. The van der Waals surface area contributed by atoms with Gasteiger partial charge in [0.05, 0.1) is 24.3 Å². The fourth-order valence-electron chi connectivity index (χ4n) is 3.23. The number of aromatic nitrogens is 3. The Morgan fingerprint density at radius 1 is 1.22 bits per heavy atom. The number of anilines is 1. The number of nitrogens with one attached hydrogen (secondary N) is 1. The lowest BCUT2D eigenvalue weighted by Gasteiger charge is -2.32. The highest BCUT2D eigenvalue weighted by molar-refractivity contribution is 5.80. The van der Waals surface area contributed by atoms with Crippen molar-refractivity contribution in [2.75, 3.05) is 12.4 Å². The lowest BCUT2D eigenvalue weighted by Crippen LogP contribution is -2.39. The van der Waals surface area contributed by atoms with E-state index in [1.807, 2.05) is 0 Å². The van der Waals surface area contributed by atoms with Crippen molar-refractivity contribution in [3.8, 4) is 17.0 Å². The number of nitrogens with zero attached hydrogens (tertiary/aromatic N) is 3. The Labute approximate surface area is 152 Å². The SMILES string of the molecule is COc1ccc(-c2nnc(NC3CC(O)C3)n3cccc23)c(C(F)(F)F)c1. The number of benzene rings is 1. The maximum Gasteiger partial charge on any atom is 0.417 e. The molecule has 0 radical (unpaired) electrons. The van der Waals surface area contributed by atoms with Crippen LogP contribution in [0.5, 0.6) is 5.75 Å². The van der Waals surface area contributed by atoms with Crippen molar-refractivity contribution in [2.24, 2.45) is 0 Å². The second-order valence-corrected chi connectivity index (χ2v) is 6.51. The van der Waals surface area contributed by atoms with Crippen LogP contribution in [0.2, 0.25) is 0 Å². The van der Waals surface area contributed by atoms with Gasteiger partial charge in [-0.2, -0.15) is 13.2 Å². The number of aliphatic hydroxyl groups is 1. The van der Waals surface area contributed by atoms with Gasteiger partial charge >= 0.3 is 6.18 Å². The maximum atomic E-state index is 13.6. The number of halogens is 3. The van der Waals surface area contributed by atoms with Crippen molar-refractivity contribution < 1.29 is 23.0 Å². The van der Waals surface area contributed by atoms with Crippen LogP contribution in [-0.4, -0.2) is 39.0 Å². The van der Waals surface area contributed by atoms with E-state index < -0.39 is 11.7 Å². The molecule has 1 aliphatic rings. The Kier molecular flexibility index (Phi) is 4.18. The molecule has 3 aromatic rings. The van der Waals surface area contributed by atoms with E-state index in [-0.39, 0.29) is 29.2 Å². The van der Waals surface area contributed by atoms with Crippen LogP contribution in [0.25, 0.3) is 16.8 Å². The summed E-state index contributed by atoms with van der Waals surface area (Å²) in [5, 5.41) is 20.7. The quantitative estimate of drug-likeness (QED) is 0.729. The Morgan fingerprint density at radius 2 is 2.00 bits per heavy atom. The van der Waals surface area contributed by atoms with Gasteiger partial charge < -0.3 is 15.2 Å². The van der Waals surface area contributed by atoms with Crippen molar-refractivity contribution in [3.05, 3.63) is 42.1 Å². The third-order valence-electron chi connectivity index (χ3n) is 4.70. The highest BCUT2D eigenvalue weighted by Crippen LogP contribution is 2.40. The molecule has 4 rings (SSSR count). The van der Waals surface area contributed by atoms with Crippen molar-refractivity contribution in [2.45, 2.75) is 31.2 Å². The third-order valence-corrected chi connectivity index (χ3v) is 4.70. The molecule has 142 valence electrons. The molecule has 0 amide bonds. The molecule has 0 atom stereocenters. The number of methoxy groups -OCH3 is 1. The topological polar surface area (TPSA) is 71.7 Å². The number of fused-ring (bicyclic) bond motifs is 1. The average Bonchev–Trinajstić information content (AvgIpc) is 3.09. The molecule has 1 aromatic carbocycles. The Bertz CT molecular complexity index is 980. The Morgan fingerprint density at radius 3 is 2.67 bits per heavy atom. The van der Waals surface area contributed by atoms with Crippen LogP contribution < -0.4 is 10.1 Å². The zero-order valence-electron chi connectivity index (χ0n) is 14.4. The maximum absolute atomic E-state index is 13.6. The first-order chi connectivity index (χ1) is 12.9. The largest absolute Gasteiger partial charge is 0.497 e. The summed E-state index contributed by atoms with van der Waals surface area (Å²) in [7, 11) is 1.32. The van der Waals surface area contributed by atoms with E-state index in [0.717, 1.165) is 6.07 Å². The second kappa shape index (κ2) is 6.41. The summed E-state index contributed by atoms with van der Waals surface area (Å²) >= 11 is 0. The van der Waals surface area contributed by atoms with E-state index in [1.54, 1.807) is 22.7 Å². The third kappa shape index (κ3) is 3.18. The molecule has 0 spiro atoms. The van der Waals surface area contributed by atoms with Gasteiger partial charge in [0.25, 0.3) is 0 Å². The Balaban J connectivity index is 1.80. The van der Waals surface area contributed by atoms with Gasteiger partial charge in [0.2, 0.25) is 5.95 Å². The molecule has 9 heteroatoms. The molecular weight excluding hydrogens is 361 g/mol. The van der Waals surface area contributed by atoms with Gasteiger partial charge in [0.1, 0.15) is 11.4 Å². The number of rotatable bonds is 4. The second-order valence-electron chi connectivity index (χ2n) is 6.51. The van der Waals surface area contributed by atoms with Crippen molar-refractivity contribution >= 4 is 11.5 Å². The van der Waals surface area contributed by atoms with E-state index in [9.17, 15) is 18.3 Å². The zero-order valence-corrected chi connectivity index (χ0v) is 14.4. The van der Waals surface area contributed by atoms with E-state index in [1.165, 1.54) is 19.2 Å². The lowest BCUT2D eigenvalue weighted by atomic mass is 9.90. The standard InChI is InChI=1S/C18H17F3N4O2/c1-27-12-4-5-13(14(9-12)18(19,20)21)16-15-3-2-6-25(15)17(24-23-16)22-10-7-11(26)8-10/h2-6,9-11,26H,7-8H2,1H3,(H,22,24). The smallest absolute Gasteiger partial charge is 0.417 e. The fourth-order valence-corrected chi connectivity index (χ4v) is 3.23. The van der Waals surface area contributed by atoms with Crippen LogP contribution in [-0.2, 0) is 6.18 Å². The predicted octanol–water partition coefficient (Wildman–Crippen LogP) is 3.36. The van der Waals surface area contributed by atoms with E-state index in [4.69, 9.17) is 4.74 Å². The van der Waals surface area contributed by atoms with Crippen LogP contribution >= 0.6 is 0 Å². The predicted molar refractivity (Wildman–Crippen MR) is 92.6 cm³/mol. The lowest BCUT2D eigenvalue weighted by molar-refractivity contribution is -0.137. The summed E-state index contributed by atoms with van der Waals surface area (Å²) in [5.74, 6) is 0.546. The summed E-state index contributed by atoms with van der Waals surface area (Å²) in [4.78, 5) is 0. The first-order valence-electron chi connectivity index (χ1n) is 8.41. The molecule has 27 heavy (non-hydrogen) atoms. The van der Waals surface area contributed by atoms with Gasteiger partial charge in [0, 0.05) is 17.8 Å². The van der Waals surface area contributed by atoms with E-state index in [2.05, 4.69) is 15.5 Å². The summed E-state index contributed by atoms with van der Waals surface area (Å²) in [6, 6.07) is 7.24. The molecule has 1 saturated carbocycles. The number of hydrogen-bond acceptors (Lipinski definition) is 5. The monoisotopic (exact) mass is 378 g/mol. The van der Waals surface area contributed by atoms with Gasteiger partial charge in [-0.15, -0.1) is 10.2 Å². The first kappa shape index (κ1) is 17.6. The molecule has 2 aromatic heterocycles. The molecule has 6 nitrogen and oxygen atoms in total. The van der Waals surface area contributed by atoms with E-state index in [0.29, 0.717) is 24.3 Å². The number of alkyl halides is 3. The molecule has 0 saturated heterocycles. The van der Waals surface area contributed by atoms with Gasteiger partial charge in [-0.25, -0.2) is 0 Å². The van der Waals surface area contributed by atoms with Gasteiger partial charge in [-0.05, 0) is 43.2 Å². The highest BCUT2D eigenvalue weighted by Gasteiger charge is 2.35. The Hall–Kier alpha value is -2.81. The van der Waals surface area contributed by atoms with Crippen molar-refractivity contribution in [1.29, 1.82) is 0 Å². The van der Waals surface area contributed by atoms with Crippen LogP contribution in [0.15, 0.2) is 36.5 Å². The van der Waals surface area contributed by atoms with Gasteiger partial charge in [0.15, 0.2) is 0 Å². The van der Waals surface area contributed by atoms with Crippen molar-refractivity contribution in [1.82, 2.24) is 14.6 Å². The van der Waals surface area contributed by atoms with E-state index >= 15 is 0 Å². The van der Waals surface area contributed by atoms with Gasteiger partial charge in [-0.3, -0.25) is 4.40 Å². The molecule has 0 unspecified atom stereocenters. The molecule has 1 aliphatic carbocycles. The van der Waals surface area contributed by atoms with Crippen LogP contribution in [0.3, 0.4) is 0 Å². The normalized spacial score (nSPS) is 19.7. The first-order valence-corrected chi connectivity index (χ1v) is 8.41. The van der Waals surface area contributed by atoms with Crippen LogP contribution in [0, 0.1) is 0 Å². The van der Waals surface area contributed by atoms with Gasteiger partial charge in [-0.1, -0.05) is 0 Å². The molecule has 0 bridgehead atoms. The average molecular weight is 378 g/mol. The zero-order chi connectivity index (χ0) is 19.2. The molecule has 1 fully saturated rings. The minimum Gasteiger partial charge on any atom is -0.497 e. The molecular formula is C18H17F3N4O2. The van der Waals surface area contributed by atoms with Crippen LogP contribution in [0.1, 0.15) is 18.4 Å². The summed E-state index contributed by atoms with van der Waals surface area (Å²) < 4.78 is 47.3. The minimum absolute atomic E-state index is 0.0647. The fraction of sp³-hybridized carbons (Fsp3) is 0.333. The number of aliphatic hydroxyl groups excluding tert-OH is 1.